The summed E-state index contributed by atoms with van der Waals surface area (Å²) in [7, 11) is 3.31. The number of methoxy groups -OCH3 is 2. The van der Waals surface area contributed by atoms with Crippen LogP contribution in [0.15, 0.2) is 42.7 Å². The molecule has 2 atom stereocenters. The van der Waals surface area contributed by atoms with Gasteiger partial charge in [-0.15, -0.1) is 0 Å². The van der Waals surface area contributed by atoms with Gasteiger partial charge in [0.05, 0.1) is 20.3 Å². The molecule has 0 spiro atoms. The molecule has 1 fully saturated rings. The molecule has 1 aliphatic rings. The van der Waals surface area contributed by atoms with Crippen molar-refractivity contribution in [3.05, 3.63) is 48.3 Å². The second kappa shape index (κ2) is 9.22. The number of thioether (sulfide) groups is 1. The first kappa shape index (κ1) is 19.7. The molecule has 0 unspecified atom stereocenters. The van der Waals surface area contributed by atoms with E-state index in [1.165, 1.54) is 0 Å². The van der Waals surface area contributed by atoms with Gasteiger partial charge < -0.3 is 18.9 Å². The largest absolute Gasteiger partial charge is 0.497 e. The minimum Gasteiger partial charge on any atom is -0.497 e. The van der Waals surface area contributed by atoms with Crippen molar-refractivity contribution < 1.29 is 14.3 Å². The fraction of sp³-hybridized carbons (Fsp3) is 0.476. The van der Waals surface area contributed by atoms with Gasteiger partial charge in [0, 0.05) is 30.6 Å². The molecule has 2 aromatic rings. The summed E-state index contributed by atoms with van der Waals surface area (Å²) >= 11 is 1.78. The van der Waals surface area contributed by atoms with Crippen LogP contribution in [-0.4, -0.2) is 48.1 Å². The fourth-order valence-corrected chi connectivity index (χ4v) is 4.28. The molecule has 5 nitrogen and oxygen atoms in total. The van der Waals surface area contributed by atoms with Crippen molar-refractivity contribution in [1.82, 2.24) is 9.47 Å². The second-order valence-corrected chi connectivity index (χ2v) is 7.71. The molecule has 27 heavy (non-hydrogen) atoms. The molecule has 1 saturated heterocycles. The van der Waals surface area contributed by atoms with Crippen LogP contribution >= 0.6 is 11.8 Å². The summed E-state index contributed by atoms with van der Waals surface area (Å²) in [6, 6.07) is 9.72. The number of nitrogens with zero attached hydrogens (tertiary/aromatic N) is 2. The lowest BCUT2D eigenvalue weighted by molar-refractivity contribution is -0.135. The Kier molecular flexibility index (Phi) is 6.72. The van der Waals surface area contributed by atoms with E-state index in [4.69, 9.17) is 9.47 Å². The Bertz CT molecular complexity index is 748. The molecule has 146 valence electrons. The van der Waals surface area contributed by atoms with Crippen molar-refractivity contribution in [2.45, 2.75) is 31.3 Å². The van der Waals surface area contributed by atoms with E-state index in [0.29, 0.717) is 0 Å². The molecule has 0 aliphatic carbocycles. The van der Waals surface area contributed by atoms with Gasteiger partial charge in [-0.1, -0.05) is 0 Å². The molecular weight excluding hydrogens is 360 g/mol. The number of aromatic nitrogens is 1. The van der Waals surface area contributed by atoms with Gasteiger partial charge in [-0.25, -0.2) is 0 Å². The Morgan fingerprint density at radius 1 is 1.26 bits per heavy atom. The molecule has 0 radical (unpaired) electrons. The topological polar surface area (TPSA) is 43.7 Å². The van der Waals surface area contributed by atoms with Crippen molar-refractivity contribution >= 4 is 17.7 Å². The number of carbonyl (C=O) groups excluding carboxylic acids is 1. The van der Waals surface area contributed by atoms with E-state index in [0.717, 1.165) is 48.6 Å². The third-order valence-corrected chi connectivity index (χ3v) is 5.85. The van der Waals surface area contributed by atoms with Crippen LogP contribution in [0.1, 0.15) is 36.9 Å². The van der Waals surface area contributed by atoms with Gasteiger partial charge in [0.1, 0.15) is 17.5 Å². The first-order chi connectivity index (χ1) is 13.2. The van der Waals surface area contributed by atoms with E-state index in [1.807, 2.05) is 52.2 Å². The number of likely N-dealkylation sites (tertiary alicyclic amines) is 1. The number of amides is 1. The molecule has 0 N–H and O–H groups in total. The number of benzene rings is 1. The number of rotatable bonds is 8. The van der Waals surface area contributed by atoms with Crippen molar-refractivity contribution in [1.29, 1.82) is 0 Å². The fourth-order valence-electron chi connectivity index (χ4n) is 3.82. The van der Waals surface area contributed by atoms with E-state index in [2.05, 4.69) is 6.26 Å². The summed E-state index contributed by atoms with van der Waals surface area (Å²) in [5, 5.41) is 0. The SMILES string of the molecule is COc1ccc([C@@H]2CCCN2C(=O)[C@H](CCSC)n2cccc2)c(OC)c1. The maximum absolute atomic E-state index is 13.5. The van der Waals surface area contributed by atoms with Crippen LogP contribution in [0.4, 0.5) is 0 Å². The quantitative estimate of drug-likeness (QED) is 0.681. The highest BCUT2D eigenvalue weighted by Gasteiger charge is 2.35. The van der Waals surface area contributed by atoms with Gasteiger partial charge in [-0.3, -0.25) is 4.79 Å². The minimum atomic E-state index is -0.155. The smallest absolute Gasteiger partial charge is 0.246 e. The summed E-state index contributed by atoms with van der Waals surface area (Å²) < 4.78 is 13.0. The Labute approximate surface area is 165 Å². The lowest BCUT2D eigenvalue weighted by Crippen LogP contribution is -2.37. The average Bonchev–Trinajstić information content (AvgIpc) is 3.39. The highest BCUT2D eigenvalue weighted by atomic mass is 32.2. The van der Waals surface area contributed by atoms with Gasteiger partial charge in [0.2, 0.25) is 5.91 Å². The molecule has 3 rings (SSSR count). The third kappa shape index (κ3) is 4.26. The van der Waals surface area contributed by atoms with Gasteiger partial charge >= 0.3 is 0 Å². The molecular formula is C21H28N2O3S. The maximum Gasteiger partial charge on any atom is 0.246 e. The van der Waals surface area contributed by atoms with E-state index in [1.54, 1.807) is 26.0 Å². The minimum absolute atomic E-state index is 0.0469. The summed E-state index contributed by atoms with van der Waals surface area (Å²) in [6.45, 7) is 0.787. The molecule has 2 heterocycles. The van der Waals surface area contributed by atoms with Crippen molar-refractivity contribution in [3.8, 4) is 11.5 Å². The maximum atomic E-state index is 13.5. The van der Waals surface area contributed by atoms with Crippen LogP contribution in [-0.2, 0) is 4.79 Å². The molecule has 1 aliphatic heterocycles. The summed E-state index contributed by atoms with van der Waals surface area (Å²) in [5.74, 6) is 2.69. The predicted molar refractivity (Wildman–Crippen MR) is 110 cm³/mol. The summed E-state index contributed by atoms with van der Waals surface area (Å²) in [4.78, 5) is 15.5. The Balaban J connectivity index is 1.87. The van der Waals surface area contributed by atoms with E-state index < -0.39 is 0 Å². The monoisotopic (exact) mass is 388 g/mol. The van der Waals surface area contributed by atoms with Gasteiger partial charge in [-0.05, 0) is 55.5 Å². The molecule has 0 saturated carbocycles. The Morgan fingerprint density at radius 2 is 2.04 bits per heavy atom. The van der Waals surface area contributed by atoms with E-state index in [-0.39, 0.29) is 18.0 Å². The van der Waals surface area contributed by atoms with Gasteiger partial charge in [0.25, 0.3) is 0 Å². The number of carbonyl (C=O) groups is 1. The van der Waals surface area contributed by atoms with Gasteiger partial charge in [-0.2, -0.15) is 11.8 Å². The zero-order valence-corrected chi connectivity index (χ0v) is 17.1. The summed E-state index contributed by atoms with van der Waals surface area (Å²) in [6.07, 6.45) is 8.85. The van der Waals surface area contributed by atoms with Crippen LogP contribution in [0.3, 0.4) is 0 Å². The van der Waals surface area contributed by atoms with Crippen molar-refractivity contribution in [2.75, 3.05) is 32.8 Å². The molecule has 1 aromatic carbocycles. The first-order valence-electron chi connectivity index (χ1n) is 9.33. The lowest BCUT2D eigenvalue weighted by Gasteiger charge is -2.30. The van der Waals surface area contributed by atoms with Gasteiger partial charge in [0.15, 0.2) is 0 Å². The standard InChI is InChI=1S/C21H28N2O3S/c1-25-16-8-9-17(20(15-16)26-2)18-7-6-13-23(18)21(24)19(10-14-27-3)22-11-4-5-12-22/h4-5,8-9,11-12,15,18-19H,6-7,10,13-14H2,1-3H3/t18-,19-/m0/s1. The molecule has 1 aromatic heterocycles. The third-order valence-electron chi connectivity index (χ3n) is 5.20. The molecule has 1 amide bonds. The van der Waals surface area contributed by atoms with Crippen molar-refractivity contribution in [3.63, 3.8) is 0 Å². The van der Waals surface area contributed by atoms with Crippen LogP contribution in [0.2, 0.25) is 0 Å². The normalized spacial score (nSPS) is 17.7. The first-order valence-corrected chi connectivity index (χ1v) is 10.7. The highest BCUT2D eigenvalue weighted by Crippen LogP contribution is 2.40. The zero-order valence-electron chi connectivity index (χ0n) is 16.3. The average molecular weight is 389 g/mol. The van der Waals surface area contributed by atoms with Crippen molar-refractivity contribution in [2.24, 2.45) is 0 Å². The Hall–Kier alpha value is -2.08. The molecule has 6 heteroatoms. The number of hydrogen-bond donors (Lipinski definition) is 0. The second-order valence-electron chi connectivity index (χ2n) is 6.73. The number of hydrogen-bond acceptors (Lipinski definition) is 4. The Morgan fingerprint density at radius 3 is 2.70 bits per heavy atom. The van der Waals surface area contributed by atoms with Crippen LogP contribution in [0.25, 0.3) is 0 Å². The van der Waals surface area contributed by atoms with E-state index >= 15 is 0 Å². The van der Waals surface area contributed by atoms with Crippen LogP contribution in [0.5, 0.6) is 11.5 Å². The van der Waals surface area contributed by atoms with E-state index in [9.17, 15) is 4.79 Å². The highest BCUT2D eigenvalue weighted by molar-refractivity contribution is 7.98. The molecule has 0 bridgehead atoms. The zero-order chi connectivity index (χ0) is 19.2. The lowest BCUT2D eigenvalue weighted by atomic mass is 10.0. The summed E-state index contributed by atoms with van der Waals surface area (Å²) in [5.41, 5.74) is 1.06. The number of ether oxygens (including phenoxy) is 2. The predicted octanol–water partition coefficient (Wildman–Crippen LogP) is 4.16. The van der Waals surface area contributed by atoms with Crippen LogP contribution < -0.4 is 9.47 Å². The van der Waals surface area contributed by atoms with Crippen LogP contribution in [0, 0.1) is 0 Å².